The maximum Gasteiger partial charge on any atom is 0.323 e. The second kappa shape index (κ2) is 5.44. The predicted molar refractivity (Wildman–Crippen MR) is 90.8 cm³/mol. The van der Waals surface area contributed by atoms with E-state index in [4.69, 9.17) is 0 Å². The van der Waals surface area contributed by atoms with E-state index >= 15 is 0 Å². The molecule has 3 heterocycles. The Bertz CT molecular complexity index is 946. The predicted octanol–water partition coefficient (Wildman–Crippen LogP) is 1.24. The van der Waals surface area contributed by atoms with Gasteiger partial charge in [0.15, 0.2) is 0 Å². The molecule has 0 saturated heterocycles. The molecule has 2 aromatic rings. The number of aromatic nitrogens is 3. The fourth-order valence-electron chi connectivity index (χ4n) is 3.06. The van der Waals surface area contributed by atoms with E-state index < -0.39 is 12.5 Å². The first kappa shape index (κ1) is 17.2. The summed E-state index contributed by atoms with van der Waals surface area (Å²) >= 11 is 0. The van der Waals surface area contributed by atoms with Gasteiger partial charge in [0, 0.05) is 17.5 Å². The van der Waals surface area contributed by atoms with Crippen molar-refractivity contribution in [1.82, 2.24) is 19.1 Å². The Kier molecular flexibility index (Phi) is 3.74. The number of fused-ring (bicyclic) bond motifs is 2. The van der Waals surface area contributed by atoms with E-state index in [0.717, 1.165) is 0 Å². The first-order valence-electron chi connectivity index (χ1n) is 8.21. The lowest BCUT2D eigenvalue weighted by Gasteiger charge is -2.20. The van der Waals surface area contributed by atoms with Gasteiger partial charge in [0.2, 0.25) is 0 Å². The Hall–Kier alpha value is -2.64. The molecule has 1 amide bonds. The number of nitrogens with zero attached hydrogens (tertiary/aromatic N) is 4. The van der Waals surface area contributed by atoms with Crippen molar-refractivity contribution in [1.29, 1.82) is 0 Å². The lowest BCUT2D eigenvalue weighted by Crippen LogP contribution is -2.32. The maximum atomic E-state index is 12.9. The highest BCUT2D eigenvalue weighted by Gasteiger charge is 2.36. The third-order valence-electron chi connectivity index (χ3n) is 4.45. The van der Waals surface area contributed by atoms with E-state index in [1.54, 1.807) is 11.0 Å². The van der Waals surface area contributed by atoms with Crippen molar-refractivity contribution in [3.05, 3.63) is 33.4 Å². The number of carboxylic acids is 1. The third kappa shape index (κ3) is 2.61. The van der Waals surface area contributed by atoms with Gasteiger partial charge in [-0.15, -0.1) is 0 Å². The van der Waals surface area contributed by atoms with Crippen LogP contribution in [-0.2, 0) is 23.3 Å². The molecule has 0 saturated carbocycles. The second-order valence-electron chi connectivity index (χ2n) is 7.69. The molecular weight excluding hydrogens is 324 g/mol. The van der Waals surface area contributed by atoms with Crippen LogP contribution in [-0.4, -0.2) is 42.1 Å². The van der Waals surface area contributed by atoms with Crippen LogP contribution in [0.25, 0.3) is 5.65 Å². The molecule has 0 bridgehead atoms. The zero-order chi connectivity index (χ0) is 18.7. The van der Waals surface area contributed by atoms with Crippen molar-refractivity contribution in [2.45, 2.75) is 59.2 Å². The molecule has 8 nitrogen and oxygen atoms in total. The number of rotatable bonds is 3. The number of carbonyl (C=O) groups excluding carboxylic acids is 1. The van der Waals surface area contributed by atoms with Crippen LogP contribution in [0.4, 0.5) is 0 Å². The minimum absolute atomic E-state index is 0.0879. The quantitative estimate of drug-likeness (QED) is 0.902. The van der Waals surface area contributed by atoms with Crippen molar-refractivity contribution >= 4 is 17.5 Å². The molecule has 1 N–H and O–H groups in total. The zero-order valence-electron chi connectivity index (χ0n) is 15.0. The summed E-state index contributed by atoms with van der Waals surface area (Å²) in [5, 5.41) is 13.7. The van der Waals surface area contributed by atoms with Crippen molar-refractivity contribution in [3.8, 4) is 0 Å². The van der Waals surface area contributed by atoms with Gasteiger partial charge in [0.05, 0.1) is 17.8 Å². The van der Waals surface area contributed by atoms with Crippen LogP contribution in [0.3, 0.4) is 0 Å². The Morgan fingerprint density at radius 3 is 2.48 bits per heavy atom. The lowest BCUT2D eigenvalue weighted by atomic mass is 9.93. The van der Waals surface area contributed by atoms with Gasteiger partial charge in [-0.3, -0.25) is 14.4 Å². The standard InChI is InChI=1S/C17H22N4O4/c1-9(2)19-7-10-14(16(19)25)20(8-13(22)23)12-6-11(17(3,4)5)18-21(12)15(10)24/h6,9H,7-8H2,1-5H3,(H,22,23). The van der Waals surface area contributed by atoms with Crippen LogP contribution in [0, 0.1) is 0 Å². The van der Waals surface area contributed by atoms with E-state index in [1.807, 2.05) is 34.6 Å². The maximum absolute atomic E-state index is 12.9. The zero-order valence-corrected chi connectivity index (χ0v) is 15.0. The lowest BCUT2D eigenvalue weighted by molar-refractivity contribution is -0.137. The van der Waals surface area contributed by atoms with E-state index in [0.29, 0.717) is 16.9 Å². The molecular formula is C17H22N4O4. The summed E-state index contributed by atoms with van der Waals surface area (Å²) in [6.45, 7) is 9.36. The highest BCUT2D eigenvalue weighted by atomic mass is 16.4. The van der Waals surface area contributed by atoms with E-state index in [9.17, 15) is 19.5 Å². The molecule has 0 atom stereocenters. The highest BCUT2D eigenvalue weighted by molar-refractivity contribution is 5.97. The number of aliphatic carboxylic acids is 1. The summed E-state index contributed by atoms with van der Waals surface area (Å²) in [5.74, 6) is -1.40. The summed E-state index contributed by atoms with van der Waals surface area (Å²) in [4.78, 5) is 38.6. The molecule has 0 unspecified atom stereocenters. The fraction of sp³-hybridized carbons (Fsp3) is 0.529. The molecule has 2 aromatic heterocycles. The summed E-state index contributed by atoms with van der Waals surface area (Å²) in [7, 11) is 0. The second-order valence-corrected chi connectivity index (χ2v) is 7.69. The molecule has 25 heavy (non-hydrogen) atoms. The number of hydrogen-bond donors (Lipinski definition) is 1. The van der Waals surface area contributed by atoms with Crippen LogP contribution in [0.15, 0.2) is 10.9 Å². The van der Waals surface area contributed by atoms with Crippen LogP contribution < -0.4 is 5.56 Å². The molecule has 1 aliphatic rings. The average Bonchev–Trinajstić information content (AvgIpc) is 3.05. The van der Waals surface area contributed by atoms with Crippen molar-refractivity contribution < 1.29 is 14.7 Å². The van der Waals surface area contributed by atoms with Crippen LogP contribution in [0.5, 0.6) is 0 Å². The van der Waals surface area contributed by atoms with Gasteiger partial charge in [0.25, 0.3) is 11.5 Å². The monoisotopic (exact) mass is 346 g/mol. The molecule has 0 aromatic carbocycles. The van der Waals surface area contributed by atoms with Crippen molar-refractivity contribution in [2.75, 3.05) is 0 Å². The minimum Gasteiger partial charge on any atom is -0.480 e. The Balaban J connectivity index is 2.36. The topological polar surface area (TPSA) is 96.9 Å². The highest BCUT2D eigenvalue weighted by Crippen LogP contribution is 2.26. The number of carbonyl (C=O) groups is 2. The molecule has 8 heteroatoms. The van der Waals surface area contributed by atoms with Gasteiger partial charge in [-0.05, 0) is 13.8 Å². The SMILES string of the molecule is CC(C)N1Cc2c(n(CC(=O)O)c3cc(C(C)(C)C)nn3c2=O)C1=O. The van der Waals surface area contributed by atoms with Crippen LogP contribution in [0.2, 0.25) is 0 Å². The molecule has 1 aliphatic heterocycles. The summed E-state index contributed by atoms with van der Waals surface area (Å²) in [6.07, 6.45) is 0. The first-order valence-corrected chi connectivity index (χ1v) is 8.21. The van der Waals surface area contributed by atoms with Crippen molar-refractivity contribution in [3.63, 3.8) is 0 Å². The third-order valence-corrected chi connectivity index (χ3v) is 4.45. The molecule has 134 valence electrons. The number of hydrogen-bond acceptors (Lipinski definition) is 4. The summed E-state index contributed by atoms with van der Waals surface area (Å²) in [6, 6.07) is 1.60. The van der Waals surface area contributed by atoms with Crippen LogP contribution >= 0.6 is 0 Å². The summed E-state index contributed by atoms with van der Waals surface area (Å²) in [5.41, 5.74) is 0.789. The largest absolute Gasteiger partial charge is 0.480 e. The normalized spacial score (nSPS) is 14.6. The minimum atomic E-state index is -1.08. The van der Waals surface area contributed by atoms with Crippen LogP contribution in [0.1, 0.15) is 56.4 Å². The fourth-order valence-corrected chi connectivity index (χ4v) is 3.06. The molecule has 3 rings (SSSR count). The molecule has 0 aliphatic carbocycles. The van der Waals surface area contributed by atoms with Gasteiger partial charge < -0.3 is 14.6 Å². The van der Waals surface area contributed by atoms with E-state index in [-0.39, 0.29) is 35.2 Å². The summed E-state index contributed by atoms with van der Waals surface area (Å²) < 4.78 is 2.62. The van der Waals surface area contributed by atoms with Gasteiger partial charge in [-0.2, -0.15) is 9.61 Å². The molecule has 0 radical (unpaired) electrons. The Morgan fingerprint density at radius 2 is 1.96 bits per heavy atom. The average molecular weight is 346 g/mol. The van der Waals surface area contributed by atoms with Gasteiger partial charge in [-0.25, -0.2) is 0 Å². The Labute approximate surface area is 144 Å². The van der Waals surface area contributed by atoms with Gasteiger partial charge >= 0.3 is 5.97 Å². The van der Waals surface area contributed by atoms with Gasteiger partial charge in [0.1, 0.15) is 17.9 Å². The first-order chi connectivity index (χ1) is 11.5. The smallest absolute Gasteiger partial charge is 0.323 e. The number of amides is 1. The van der Waals surface area contributed by atoms with E-state index in [2.05, 4.69) is 5.10 Å². The molecule has 0 spiro atoms. The van der Waals surface area contributed by atoms with E-state index in [1.165, 1.54) is 9.08 Å². The Morgan fingerprint density at radius 1 is 1.32 bits per heavy atom. The van der Waals surface area contributed by atoms with Gasteiger partial charge in [-0.1, -0.05) is 20.8 Å². The number of carboxylic acid groups (broad SMARTS) is 1. The molecule has 0 fully saturated rings. The van der Waals surface area contributed by atoms with Crippen molar-refractivity contribution in [2.24, 2.45) is 0 Å².